The van der Waals surface area contributed by atoms with E-state index >= 15 is 0 Å². The summed E-state index contributed by atoms with van der Waals surface area (Å²) in [6.07, 6.45) is 0. The van der Waals surface area contributed by atoms with Crippen LogP contribution in [-0.2, 0) is 0 Å². The molecule has 0 saturated carbocycles. The van der Waals surface area contributed by atoms with E-state index in [1.54, 1.807) is 6.92 Å². The van der Waals surface area contributed by atoms with Gasteiger partial charge in [-0.25, -0.2) is 4.85 Å². The second kappa shape index (κ2) is 4.31. The van der Waals surface area contributed by atoms with Gasteiger partial charge in [0, 0.05) is 0 Å². The highest BCUT2D eigenvalue weighted by atomic mass is 16.3. The van der Waals surface area contributed by atoms with Crippen LogP contribution in [0.25, 0.3) is 4.85 Å². The van der Waals surface area contributed by atoms with Crippen LogP contribution in [0.1, 0.15) is 15.9 Å². The zero-order chi connectivity index (χ0) is 12.3. The predicted octanol–water partition coefficient (Wildman–Crippen LogP) is 0.665. The summed E-state index contributed by atoms with van der Waals surface area (Å²) >= 11 is 0. The fraction of sp³-hybridized carbons (Fsp3) is 0.100. The van der Waals surface area contributed by atoms with Gasteiger partial charge in [-0.3, -0.25) is 4.79 Å². The molecule has 0 spiro atoms. The summed E-state index contributed by atoms with van der Waals surface area (Å²) in [5.74, 6) is -1.41. The van der Waals surface area contributed by atoms with Gasteiger partial charge < -0.3 is 16.6 Å². The lowest BCUT2D eigenvalue weighted by molar-refractivity contribution is 0.0999. The Morgan fingerprint density at radius 2 is 2.12 bits per heavy atom. The topological polar surface area (TPSA) is 106 Å². The minimum absolute atomic E-state index is 0.0538. The van der Waals surface area contributed by atoms with Crippen molar-refractivity contribution >= 4 is 17.6 Å². The molecule has 0 bridgehead atoms. The number of phenolic OH excluding ortho intramolecular Hbond substituents is 1. The van der Waals surface area contributed by atoms with Crippen LogP contribution in [0.4, 0.5) is 5.69 Å². The van der Waals surface area contributed by atoms with Crippen LogP contribution in [0.15, 0.2) is 17.1 Å². The maximum Gasteiger partial charge on any atom is 0.282 e. The average Bonchev–Trinajstić information content (AvgIpc) is 2.16. The molecule has 0 aromatic heterocycles. The third-order valence-corrected chi connectivity index (χ3v) is 1.98. The molecule has 16 heavy (non-hydrogen) atoms. The van der Waals surface area contributed by atoms with E-state index in [0.29, 0.717) is 5.56 Å². The largest absolute Gasteiger partial charge is 0.507 e. The zero-order valence-electron chi connectivity index (χ0n) is 8.56. The SMILES string of the molecule is [C-]#[N+]c1ccc(O)c(C(=O)N=C(N)N)c1C. The molecule has 6 heteroatoms. The molecule has 0 fully saturated rings. The maximum atomic E-state index is 11.6. The standard InChI is InChI=1S/C10H10N4O2/c1-5-6(13-2)3-4-7(15)8(5)9(16)14-10(11)12/h3-4,15H,1H3,(H4,11,12,14,16). The molecule has 0 atom stereocenters. The number of aliphatic imine (C=N–C) groups is 1. The lowest BCUT2D eigenvalue weighted by Crippen LogP contribution is -2.24. The first kappa shape index (κ1) is 11.5. The van der Waals surface area contributed by atoms with E-state index in [1.165, 1.54) is 12.1 Å². The van der Waals surface area contributed by atoms with Crippen molar-refractivity contribution in [2.75, 3.05) is 0 Å². The van der Waals surface area contributed by atoms with Gasteiger partial charge in [-0.2, -0.15) is 4.99 Å². The Labute approximate surface area is 92.0 Å². The van der Waals surface area contributed by atoms with E-state index in [1.807, 2.05) is 0 Å². The Kier molecular flexibility index (Phi) is 3.11. The van der Waals surface area contributed by atoms with Gasteiger partial charge in [0.25, 0.3) is 5.91 Å². The van der Waals surface area contributed by atoms with Crippen LogP contribution in [0.5, 0.6) is 5.75 Å². The molecule has 0 unspecified atom stereocenters. The Hall–Kier alpha value is -2.55. The van der Waals surface area contributed by atoms with Gasteiger partial charge in [0.2, 0.25) is 0 Å². The molecular weight excluding hydrogens is 208 g/mol. The highest BCUT2D eigenvalue weighted by molar-refractivity contribution is 6.05. The summed E-state index contributed by atoms with van der Waals surface area (Å²) in [6.45, 7) is 8.43. The molecular formula is C10H10N4O2. The number of hydrogen-bond donors (Lipinski definition) is 3. The first-order chi connectivity index (χ1) is 7.47. The Balaban J connectivity index is 3.39. The first-order valence-corrected chi connectivity index (χ1v) is 4.31. The summed E-state index contributed by atoms with van der Waals surface area (Å²) in [7, 11) is 0. The molecule has 5 N–H and O–H groups in total. The van der Waals surface area contributed by atoms with Crippen molar-refractivity contribution in [1.29, 1.82) is 0 Å². The smallest absolute Gasteiger partial charge is 0.282 e. The number of carbonyl (C=O) groups is 1. The molecule has 0 saturated heterocycles. The van der Waals surface area contributed by atoms with Gasteiger partial charge >= 0.3 is 0 Å². The normalized spacial score (nSPS) is 9.25. The third-order valence-electron chi connectivity index (χ3n) is 1.98. The van der Waals surface area contributed by atoms with Crippen LogP contribution < -0.4 is 11.5 Å². The van der Waals surface area contributed by atoms with Gasteiger partial charge in [-0.05, 0) is 18.6 Å². The zero-order valence-corrected chi connectivity index (χ0v) is 8.56. The molecule has 0 aliphatic heterocycles. The van der Waals surface area contributed by atoms with Crippen molar-refractivity contribution in [1.82, 2.24) is 0 Å². The van der Waals surface area contributed by atoms with E-state index < -0.39 is 11.9 Å². The molecule has 0 heterocycles. The second-order valence-corrected chi connectivity index (χ2v) is 3.06. The number of aromatic hydroxyl groups is 1. The van der Waals surface area contributed by atoms with Crippen LogP contribution in [0.3, 0.4) is 0 Å². The van der Waals surface area contributed by atoms with E-state index in [2.05, 4.69) is 9.84 Å². The van der Waals surface area contributed by atoms with Crippen molar-refractivity contribution in [3.05, 3.63) is 34.7 Å². The number of nitrogens with two attached hydrogens (primary N) is 2. The lowest BCUT2D eigenvalue weighted by Gasteiger charge is -2.06. The minimum Gasteiger partial charge on any atom is -0.507 e. The number of phenols is 1. The number of guanidine groups is 1. The molecule has 6 nitrogen and oxygen atoms in total. The maximum absolute atomic E-state index is 11.6. The number of amides is 1. The molecule has 82 valence electrons. The highest BCUT2D eigenvalue weighted by Gasteiger charge is 2.16. The van der Waals surface area contributed by atoms with E-state index in [9.17, 15) is 9.90 Å². The number of carbonyl (C=O) groups excluding carboxylic acids is 1. The predicted molar refractivity (Wildman–Crippen MR) is 59.2 cm³/mol. The van der Waals surface area contributed by atoms with Gasteiger partial charge in [-0.1, -0.05) is 6.07 Å². The molecule has 1 aromatic carbocycles. The summed E-state index contributed by atoms with van der Waals surface area (Å²) in [4.78, 5) is 18.1. The molecule has 0 aliphatic rings. The Bertz CT molecular complexity index is 510. The van der Waals surface area contributed by atoms with Gasteiger partial charge in [0.05, 0.1) is 12.1 Å². The average molecular weight is 218 g/mol. The monoisotopic (exact) mass is 218 g/mol. The van der Waals surface area contributed by atoms with Gasteiger partial charge in [0.15, 0.2) is 11.6 Å². The number of benzene rings is 1. The fourth-order valence-corrected chi connectivity index (χ4v) is 1.25. The van der Waals surface area contributed by atoms with Crippen LogP contribution >= 0.6 is 0 Å². The highest BCUT2D eigenvalue weighted by Crippen LogP contribution is 2.29. The number of hydrogen-bond acceptors (Lipinski definition) is 2. The van der Waals surface area contributed by atoms with E-state index in [4.69, 9.17) is 18.0 Å². The van der Waals surface area contributed by atoms with Crippen molar-refractivity contribution in [2.45, 2.75) is 6.92 Å². The van der Waals surface area contributed by atoms with E-state index in [-0.39, 0.29) is 17.0 Å². The lowest BCUT2D eigenvalue weighted by atomic mass is 10.1. The van der Waals surface area contributed by atoms with Gasteiger partial charge in [0.1, 0.15) is 5.75 Å². The van der Waals surface area contributed by atoms with Crippen molar-refractivity contribution < 1.29 is 9.90 Å². The summed E-state index contributed by atoms with van der Waals surface area (Å²) < 4.78 is 0. The quantitative estimate of drug-likeness (QED) is 0.365. The molecule has 1 rings (SSSR count). The summed E-state index contributed by atoms with van der Waals surface area (Å²) in [5.41, 5.74) is 10.7. The van der Waals surface area contributed by atoms with Crippen molar-refractivity contribution in [3.8, 4) is 5.75 Å². The van der Waals surface area contributed by atoms with Crippen LogP contribution in [0.2, 0.25) is 0 Å². The third kappa shape index (κ3) is 2.09. The Morgan fingerprint density at radius 3 is 2.62 bits per heavy atom. The molecule has 0 radical (unpaired) electrons. The van der Waals surface area contributed by atoms with Crippen LogP contribution in [-0.4, -0.2) is 17.0 Å². The molecule has 1 aromatic rings. The number of nitrogens with zero attached hydrogens (tertiary/aromatic N) is 2. The first-order valence-electron chi connectivity index (χ1n) is 4.31. The van der Waals surface area contributed by atoms with Crippen molar-refractivity contribution in [3.63, 3.8) is 0 Å². The minimum atomic E-state index is -0.763. The number of rotatable bonds is 1. The summed E-state index contributed by atoms with van der Waals surface area (Å²) in [5, 5.41) is 9.52. The summed E-state index contributed by atoms with van der Waals surface area (Å²) in [6, 6.07) is 2.68. The van der Waals surface area contributed by atoms with Crippen molar-refractivity contribution in [2.24, 2.45) is 16.5 Å². The Morgan fingerprint density at radius 1 is 1.50 bits per heavy atom. The van der Waals surface area contributed by atoms with E-state index in [0.717, 1.165) is 0 Å². The fourth-order valence-electron chi connectivity index (χ4n) is 1.25. The second-order valence-electron chi connectivity index (χ2n) is 3.06. The van der Waals surface area contributed by atoms with Gasteiger partial charge in [-0.15, -0.1) is 0 Å². The molecule has 1 amide bonds. The molecule has 0 aliphatic carbocycles. The van der Waals surface area contributed by atoms with Crippen LogP contribution in [0, 0.1) is 13.5 Å².